The van der Waals surface area contributed by atoms with Gasteiger partial charge >= 0.3 is 0 Å². The van der Waals surface area contributed by atoms with Gasteiger partial charge in [-0.1, -0.05) is 193 Å². The van der Waals surface area contributed by atoms with E-state index in [-0.39, 0.29) is 0 Å². The lowest BCUT2D eigenvalue weighted by molar-refractivity contribution is 0.304. The van der Waals surface area contributed by atoms with Crippen LogP contribution < -0.4 is 9.47 Å². The molecule has 1 heterocycles. The fraction of sp³-hybridized carbons (Fsp3) is 0.615. The van der Waals surface area contributed by atoms with E-state index in [1.807, 2.05) is 24.3 Å². The number of rotatable bonds is 34. The maximum Gasteiger partial charge on any atom is 0.119 e. The first-order valence-corrected chi connectivity index (χ1v) is 23.5. The zero-order chi connectivity index (χ0) is 39.1. The molecule has 0 saturated heterocycles. The van der Waals surface area contributed by atoms with Crippen LogP contribution in [0.4, 0.5) is 0 Å². The van der Waals surface area contributed by atoms with Crippen molar-refractivity contribution in [1.29, 1.82) is 0 Å². The third-order valence-electron chi connectivity index (χ3n) is 11.4. The molecule has 0 amide bonds. The first-order valence-electron chi connectivity index (χ1n) is 23.5. The summed E-state index contributed by atoms with van der Waals surface area (Å²) in [6.07, 6.45) is 38.3. The highest BCUT2D eigenvalue weighted by Crippen LogP contribution is 2.33. The van der Waals surface area contributed by atoms with Gasteiger partial charge in [0.1, 0.15) is 11.5 Å². The first-order chi connectivity index (χ1) is 27.8. The van der Waals surface area contributed by atoms with Gasteiger partial charge in [-0.15, -0.1) is 0 Å². The van der Waals surface area contributed by atoms with E-state index < -0.39 is 0 Å². The molecule has 308 valence electrons. The summed E-state index contributed by atoms with van der Waals surface area (Å²) in [6.45, 7) is 6.13. The van der Waals surface area contributed by atoms with Crippen LogP contribution in [-0.4, -0.2) is 23.2 Å². The molecule has 0 aliphatic heterocycles. The monoisotopic (exact) mass is 763 g/mol. The Hall–Kier alpha value is -3.40. The van der Waals surface area contributed by atoms with Crippen LogP contribution in [0, 0.1) is 0 Å². The number of para-hydroxylation sites is 2. The number of nitrogens with zero attached hydrogens (tertiary/aromatic N) is 2. The molecule has 0 atom stereocenters. The highest BCUT2D eigenvalue weighted by Gasteiger charge is 2.14. The van der Waals surface area contributed by atoms with Crippen LogP contribution in [0.1, 0.15) is 194 Å². The van der Waals surface area contributed by atoms with E-state index in [1.165, 1.54) is 167 Å². The summed E-state index contributed by atoms with van der Waals surface area (Å²) < 4.78 is 12.3. The smallest absolute Gasteiger partial charge is 0.119 e. The SMILES string of the molecule is CCCCCCCCCCCCCCCCOc1ccc(-c2nc3ccccc3nc2-c2ccc(OCCCCCCCCCCCCCCCC)cc2)cc1. The van der Waals surface area contributed by atoms with Crippen LogP contribution >= 0.6 is 0 Å². The molecule has 4 aromatic rings. The first kappa shape index (κ1) is 45.3. The molecule has 0 bridgehead atoms. The fourth-order valence-electron chi connectivity index (χ4n) is 7.79. The summed E-state index contributed by atoms with van der Waals surface area (Å²) >= 11 is 0. The van der Waals surface area contributed by atoms with Crippen LogP contribution in [0.2, 0.25) is 0 Å². The lowest BCUT2D eigenvalue weighted by atomic mass is 10.0. The van der Waals surface area contributed by atoms with E-state index in [0.29, 0.717) is 0 Å². The second-order valence-electron chi connectivity index (χ2n) is 16.3. The molecule has 0 fully saturated rings. The predicted octanol–water partition coefficient (Wildman–Crippen LogP) is 16.7. The van der Waals surface area contributed by atoms with E-state index in [9.17, 15) is 0 Å². The van der Waals surface area contributed by atoms with Crippen LogP contribution in [0.25, 0.3) is 33.5 Å². The van der Waals surface area contributed by atoms with Crippen LogP contribution in [-0.2, 0) is 0 Å². The van der Waals surface area contributed by atoms with Gasteiger partial charge in [0.15, 0.2) is 0 Å². The van der Waals surface area contributed by atoms with Crippen molar-refractivity contribution in [2.75, 3.05) is 13.2 Å². The van der Waals surface area contributed by atoms with Crippen LogP contribution in [0.3, 0.4) is 0 Å². The summed E-state index contributed by atoms with van der Waals surface area (Å²) in [5, 5.41) is 0. The lowest BCUT2D eigenvalue weighted by Gasteiger charge is -2.12. The Morgan fingerprint density at radius 3 is 0.875 bits per heavy atom. The third-order valence-corrected chi connectivity index (χ3v) is 11.4. The summed E-state index contributed by atoms with van der Waals surface area (Å²) in [6, 6.07) is 24.9. The summed E-state index contributed by atoms with van der Waals surface area (Å²) in [5.74, 6) is 1.83. The Bertz CT molecular complexity index is 1420. The van der Waals surface area contributed by atoms with Crippen molar-refractivity contribution in [1.82, 2.24) is 9.97 Å². The second-order valence-corrected chi connectivity index (χ2v) is 16.3. The van der Waals surface area contributed by atoms with Gasteiger partial charge in [-0.05, 0) is 73.5 Å². The number of hydrogen-bond acceptors (Lipinski definition) is 4. The van der Waals surface area contributed by atoms with Gasteiger partial charge in [0, 0.05) is 11.1 Å². The average molecular weight is 763 g/mol. The zero-order valence-electron chi connectivity index (χ0n) is 35.9. The molecule has 0 saturated carbocycles. The Kier molecular flexibility index (Phi) is 24.1. The molecular weight excluding hydrogens is 685 g/mol. The Labute approximate surface area is 343 Å². The van der Waals surface area contributed by atoms with Gasteiger partial charge in [-0.25, -0.2) is 9.97 Å². The molecule has 1 aromatic heterocycles. The Morgan fingerprint density at radius 2 is 0.589 bits per heavy atom. The van der Waals surface area contributed by atoms with E-state index >= 15 is 0 Å². The fourth-order valence-corrected chi connectivity index (χ4v) is 7.79. The molecule has 4 nitrogen and oxygen atoms in total. The number of hydrogen-bond donors (Lipinski definition) is 0. The topological polar surface area (TPSA) is 44.2 Å². The molecule has 0 radical (unpaired) electrons. The van der Waals surface area contributed by atoms with Crippen molar-refractivity contribution in [3.8, 4) is 34.0 Å². The minimum Gasteiger partial charge on any atom is -0.494 e. The molecule has 4 rings (SSSR count). The van der Waals surface area contributed by atoms with Crippen molar-refractivity contribution in [3.63, 3.8) is 0 Å². The van der Waals surface area contributed by atoms with Crippen molar-refractivity contribution in [2.24, 2.45) is 0 Å². The van der Waals surface area contributed by atoms with Gasteiger partial charge in [0.05, 0.1) is 35.6 Å². The van der Waals surface area contributed by atoms with Crippen molar-refractivity contribution in [2.45, 2.75) is 194 Å². The largest absolute Gasteiger partial charge is 0.494 e. The Balaban J connectivity index is 1.13. The molecule has 0 unspecified atom stereocenters. The predicted molar refractivity (Wildman–Crippen MR) is 242 cm³/mol. The summed E-state index contributed by atoms with van der Waals surface area (Å²) in [4.78, 5) is 10.2. The molecular formula is C52H78N2O2. The van der Waals surface area contributed by atoms with Gasteiger partial charge in [0.25, 0.3) is 0 Å². The van der Waals surface area contributed by atoms with Crippen molar-refractivity contribution in [3.05, 3.63) is 72.8 Å². The van der Waals surface area contributed by atoms with Gasteiger partial charge in [-0.2, -0.15) is 0 Å². The number of ether oxygens (including phenoxy) is 2. The summed E-state index contributed by atoms with van der Waals surface area (Å²) in [5.41, 5.74) is 5.66. The van der Waals surface area contributed by atoms with Gasteiger partial charge < -0.3 is 9.47 Å². The number of fused-ring (bicyclic) bond motifs is 1. The molecule has 3 aromatic carbocycles. The number of unbranched alkanes of at least 4 members (excludes halogenated alkanes) is 26. The maximum atomic E-state index is 6.14. The molecule has 4 heteroatoms. The Morgan fingerprint density at radius 1 is 0.321 bits per heavy atom. The second kappa shape index (κ2) is 29.8. The average Bonchev–Trinajstić information content (AvgIpc) is 3.23. The highest BCUT2D eigenvalue weighted by atomic mass is 16.5. The quantitative estimate of drug-likeness (QED) is 0.0445. The molecule has 0 aliphatic rings. The molecule has 0 spiro atoms. The van der Waals surface area contributed by atoms with E-state index in [2.05, 4.69) is 62.4 Å². The molecule has 0 N–H and O–H groups in total. The van der Waals surface area contributed by atoms with E-state index in [4.69, 9.17) is 19.4 Å². The maximum absolute atomic E-state index is 6.14. The summed E-state index contributed by atoms with van der Waals surface area (Å²) in [7, 11) is 0. The highest BCUT2D eigenvalue weighted by molar-refractivity contribution is 5.86. The zero-order valence-corrected chi connectivity index (χ0v) is 35.9. The van der Waals surface area contributed by atoms with Crippen molar-refractivity contribution >= 4 is 11.0 Å². The normalized spacial score (nSPS) is 11.4. The van der Waals surface area contributed by atoms with Gasteiger partial charge in [-0.3, -0.25) is 0 Å². The third kappa shape index (κ3) is 18.7. The number of benzene rings is 3. The van der Waals surface area contributed by atoms with Crippen molar-refractivity contribution < 1.29 is 9.47 Å². The molecule has 56 heavy (non-hydrogen) atoms. The standard InChI is InChI=1S/C52H78N2O2/c1-3-5-7-9-11-13-15-17-19-21-23-25-27-31-43-55-47-39-35-45(36-40-47)51-52(54-50-34-30-29-33-49(50)53-51)46-37-41-48(42-38-46)56-44-32-28-26-24-22-20-18-16-14-12-10-8-6-4-2/h29-30,33-42H,3-28,31-32,43-44H2,1-2H3. The van der Waals surface area contributed by atoms with E-state index in [0.717, 1.165) is 71.1 Å². The van der Waals surface area contributed by atoms with Crippen LogP contribution in [0.5, 0.6) is 11.5 Å². The van der Waals surface area contributed by atoms with Gasteiger partial charge in [0.2, 0.25) is 0 Å². The van der Waals surface area contributed by atoms with Crippen LogP contribution in [0.15, 0.2) is 72.8 Å². The number of aromatic nitrogens is 2. The molecule has 0 aliphatic carbocycles. The minimum absolute atomic E-state index is 0.770. The van der Waals surface area contributed by atoms with E-state index in [1.54, 1.807) is 0 Å². The minimum atomic E-state index is 0.770. The lowest BCUT2D eigenvalue weighted by Crippen LogP contribution is -1.99.